The molecule has 0 saturated carbocycles. The molecule has 128 valence electrons. The third kappa shape index (κ3) is 6.57. The lowest BCUT2D eigenvalue weighted by molar-refractivity contribution is 0.0496. The minimum atomic E-state index is -0.222. The van der Waals surface area contributed by atoms with Crippen LogP contribution in [-0.2, 0) is 11.2 Å². The van der Waals surface area contributed by atoms with E-state index in [1.165, 1.54) is 18.4 Å². The molecule has 0 amide bonds. The number of carbonyl (C=O) groups is 1. The minimum Gasteiger partial charge on any atom is -0.462 e. The highest BCUT2D eigenvalue weighted by Crippen LogP contribution is 2.28. The summed E-state index contributed by atoms with van der Waals surface area (Å²) >= 11 is 0. The van der Waals surface area contributed by atoms with Crippen LogP contribution in [0.5, 0.6) is 0 Å². The first-order valence-corrected chi connectivity index (χ1v) is 8.83. The fourth-order valence-corrected chi connectivity index (χ4v) is 2.94. The van der Waals surface area contributed by atoms with Crippen molar-refractivity contribution < 1.29 is 9.53 Å². The highest BCUT2D eigenvalue weighted by Gasteiger charge is 2.17. The molecule has 2 heteroatoms. The Kier molecular flexibility index (Phi) is 7.05. The lowest BCUT2D eigenvalue weighted by Gasteiger charge is -2.24. The molecule has 0 aliphatic heterocycles. The summed E-state index contributed by atoms with van der Waals surface area (Å²) in [5.41, 5.74) is 2.34. The van der Waals surface area contributed by atoms with Crippen LogP contribution < -0.4 is 0 Å². The Morgan fingerprint density at radius 3 is 2.17 bits per heavy atom. The van der Waals surface area contributed by atoms with Crippen LogP contribution in [0.25, 0.3) is 0 Å². The summed E-state index contributed by atoms with van der Waals surface area (Å²) in [6.07, 6.45) is 5.49. The largest absolute Gasteiger partial charge is 0.462 e. The highest BCUT2D eigenvalue weighted by atomic mass is 16.5. The molecule has 0 atom stereocenters. The van der Waals surface area contributed by atoms with Crippen molar-refractivity contribution in [1.82, 2.24) is 0 Å². The number of carbonyl (C=O) groups excluding carboxylic acids is 1. The van der Waals surface area contributed by atoms with Gasteiger partial charge in [0, 0.05) is 0 Å². The van der Waals surface area contributed by atoms with Gasteiger partial charge in [0.25, 0.3) is 0 Å². The van der Waals surface area contributed by atoms with Crippen molar-refractivity contribution in [3.63, 3.8) is 0 Å². The van der Waals surface area contributed by atoms with Crippen molar-refractivity contribution in [2.75, 3.05) is 6.61 Å². The second-order valence-electron chi connectivity index (χ2n) is 7.14. The maximum atomic E-state index is 11.8. The molecule has 0 aromatic heterocycles. The molecule has 2 aromatic rings. The molecule has 24 heavy (non-hydrogen) atoms. The smallest absolute Gasteiger partial charge is 0.338 e. The van der Waals surface area contributed by atoms with E-state index in [2.05, 4.69) is 44.2 Å². The molecule has 0 N–H and O–H groups in total. The summed E-state index contributed by atoms with van der Waals surface area (Å²) in [7, 11) is 0. The van der Waals surface area contributed by atoms with E-state index >= 15 is 0 Å². The summed E-state index contributed by atoms with van der Waals surface area (Å²) in [6, 6.07) is 19.8. The van der Waals surface area contributed by atoms with E-state index in [1.54, 1.807) is 12.1 Å². The predicted octanol–water partition coefficient (Wildman–Crippen LogP) is 5.67. The average molecular weight is 324 g/mol. The van der Waals surface area contributed by atoms with Crippen molar-refractivity contribution in [2.45, 2.75) is 46.0 Å². The van der Waals surface area contributed by atoms with E-state index in [0.717, 1.165) is 19.3 Å². The van der Waals surface area contributed by atoms with Gasteiger partial charge in [0.1, 0.15) is 0 Å². The van der Waals surface area contributed by atoms with Crippen molar-refractivity contribution in [3.8, 4) is 0 Å². The molecule has 0 unspecified atom stereocenters. The average Bonchev–Trinajstić information content (AvgIpc) is 2.59. The Morgan fingerprint density at radius 2 is 1.50 bits per heavy atom. The zero-order valence-corrected chi connectivity index (χ0v) is 14.8. The minimum absolute atomic E-state index is 0.222. The first kappa shape index (κ1) is 18.3. The lowest BCUT2D eigenvalue weighted by atomic mass is 9.81. The molecule has 0 saturated heterocycles. The molecule has 0 aliphatic carbocycles. The molecule has 0 heterocycles. The molecule has 0 radical (unpaired) electrons. The number of esters is 1. The van der Waals surface area contributed by atoms with Gasteiger partial charge >= 0.3 is 5.97 Å². The molecule has 0 aliphatic rings. The van der Waals surface area contributed by atoms with Crippen LogP contribution in [0.2, 0.25) is 0 Å². The Balaban J connectivity index is 1.60. The number of unbranched alkanes of at least 4 members (excludes halogenated alkanes) is 2. The Morgan fingerprint density at radius 1 is 0.875 bits per heavy atom. The van der Waals surface area contributed by atoms with E-state index in [4.69, 9.17) is 4.74 Å². The van der Waals surface area contributed by atoms with E-state index in [1.807, 2.05) is 18.2 Å². The third-order valence-electron chi connectivity index (χ3n) is 4.27. The van der Waals surface area contributed by atoms with E-state index in [-0.39, 0.29) is 5.97 Å². The molecular formula is C22H28O2. The van der Waals surface area contributed by atoms with Crippen LogP contribution >= 0.6 is 0 Å². The quantitative estimate of drug-likeness (QED) is 0.438. The van der Waals surface area contributed by atoms with Crippen molar-refractivity contribution in [3.05, 3.63) is 71.8 Å². The lowest BCUT2D eigenvalue weighted by Crippen LogP contribution is -2.15. The molecule has 0 bridgehead atoms. The molecule has 2 nitrogen and oxygen atoms in total. The topological polar surface area (TPSA) is 26.3 Å². The number of benzene rings is 2. The molecule has 0 spiro atoms. The summed E-state index contributed by atoms with van der Waals surface area (Å²) < 4.78 is 5.32. The standard InChI is InChI=1S/C22H28O2/c1-22(2,18-19-12-6-3-7-13-19)16-10-5-11-17-24-21(23)20-14-8-4-9-15-20/h3-4,6-9,12-15H,5,10-11,16-18H2,1-2H3. The van der Waals surface area contributed by atoms with Gasteiger partial charge in [0.05, 0.1) is 12.2 Å². The molecule has 2 rings (SSSR count). The second kappa shape index (κ2) is 9.27. The summed E-state index contributed by atoms with van der Waals surface area (Å²) in [4.78, 5) is 11.8. The van der Waals surface area contributed by atoms with Gasteiger partial charge in [-0.3, -0.25) is 0 Å². The maximum absolute atomic E-state index is 11.8. The van der Waals surface area contributed by atoms with Crippen molar-refractivity contribution >= 4 is 5.97 Å². The Hall–Kier alpha value is -2.09. The number of ether oxygens (including phenoxy) is 1. The zero-order valence-electron chi connectivity index (χ0n) is 14.8. The highest BCUT2D eigenvalue weighted by molar-refractivity contribution is 5.89. The third-order valence-corrected chi connectivity index (χ3v) is 4.27. The van der Waals surface area contributed by atoms with Gasteiger partial charge in [-0.05, 0) is 42.4 Å². The monoisotopic (exact) mass is 324 g/mol. The summed E-state index contributed by atoms with van der Waals surface area (Å²) in [5.74, 6) is -0.222. The Labute approximate surface area is 145 Å². The van der Waals surface area contributed by atoms with Crippen LogP contribution in [0.3, 0.4) is 0 Å². The summed E-state index contributed by atoms with van der Waals surface area (Å²) in [5, 5.41) is 0. The molecule has 2 aromatic carbocycles. The number of rotatable bonds is 9. The van der Waals surface area contributed by atoms with E-state index < -0.39 is 0 Å². The van der Waals surface area contributed by atoms with Gasteiger partial charge in [-0.25, -0.2) is 4.79 Å². The van der Waals surface area contributed by atoms with Gasteiger partial charge in [0.2, 0.25) is 0 Å². The second-order valence-corrected chi connectivity index (χ2v) is 7.14. The maximum Gasteiger partial charge on any atom is 0.338 e. The van der Waals surface area contributed by atoms with Gasteiger partial charge < -0.3 is 4.74 Å². The van der Waals surface area contributed by atoms with Gasteiger partial charge in [0.15, 0.2) is 0 Å². The van der Waals surface area contributed by atoms with E-state index in [9.17, 15) is 4.79 Å². The first-order chi connectivity index (χ1) is 11.6. The van der Waals surface area contributed by atoms with Crippen LogP contribution in [0.4, 0.5) is 0 Å². The number of hydrogen-bond donors (Lipinski definition) is 0. The van der Waals surface area contributed by atoms with Gasteiger partial charge in [-0.2, -0.15) is 0 Å². The van der Waals surface area contributed by atoms with Gasteiger partial charge in [-0.1, -0.05) is 75.2 Å². The van der Waals surface area contributed by atoms with Crippen LogP contribution in [0.15, 0.2) is 60.7 Å². The van der Waals surface area contributed by atoms with Crippen LogP contribution in [-0.4, -0.2) is 12.6 Å². The van der Waals surface area contributed by atoms with Crippen molar-refractivity contribution in [2.24, 2.45) is 5.41 Å². The SMILES string of the molecule is CC(C)(CCCCCOC(=O)c1ccccc1)Cc1ccccc1. The normalized spacial score (nSPS) is 11.2. The van der Waals surface area contributed by atoms with E-state index in [0.29, 0.717) is 17.6 Å². The summed E-state index contributed by atoms with van der Waals surface area (Å²) in [6.45, 7) is 5.16. The Bertz CT molecular complexity index is 602. The van der Waals surface area contributed by atoms with Crippen LogP contribution in [0.1, 0.15) is 55.5 Å². The van der Waals surface area contributed by atoms with Crippen molar-refractivity contribution in [1.29, 1.82) is 0 Å². The van der Waals surface area contributed by atoms with Gasteiger partial charge in [-0.15, -0.1) is 0 Å². The number of hydrogen-bond acceptors (Lipinski definition) is 2. The molecule has 0 fully saturated rings. The molecular weight excluding hydrogens is 296 g/mol. The zero-order chi connectivity index (χ0) is 17.3. The fourth-order valence-electron chi connectivity index (χ4n) is 2.94. The first-order valence-electron chi connectivity index (χ1n) is 8.83. The van der Waals surface area contributed by atoms with Crippen LogP contribution in [0, 0.1) is 5.41 Å². The predicted molar refractivity (Wildman–Crippen MR) is 99.1 cm³/mol. The fraction of sp³-hybridized carbons (Fsp3) is 0.409.